The normalized spacial score (nSPS) is 14.5. The zero-order valence-electron chi connectivity index (χ0n) is 13.3. The molecule has 0 bridgehead atoms. The smallest absolute Gasteiger partial charge is 0.265 e. The van der Waals surface area contributed by atoms with Crippen LogP contribution in [0.25, 0.3) is 16.6 Å². The van der Waals surface area contributed by atoms with Crippen molar-refractivity contribution in [2.45, 2.75) is 45.1 Å². The van der Waals surface area contributed by atoms with Crippen LogP contribution in [-0.4, -0.2) is 19.6 Å². The number of para-hydroxylation sites is 1. The van der Waals surface area contributed by atoms with Gasteiger partial charge in [-0.05, 0) is 31.4 Å². The maximum atomic E-state index is 12.9. The number of benzene rings is 1. The van der Waals surface area contributed by atoms with E-state index in [0.717, 1.165) is 42.5 Å². The highest BCUT2D eigenvalue weighted by molar-refractivity contribution is 5.82. The van der Waals surface area contributed by atoms with Crippen LogP contribution in [0.4, 0.5) is 0 Å². The fraction of sp³-hybridized carbons (Fsp3) is 0.389. The Morgan fingerprint density at radius 1 is 1.22 bits per heavy atom. The van der Waals surface area contributed by atoms with Crippen LogP contribution in [0.1, 0.15) is 44.2 Å². The molecule has 2 heterocycles. The van der Waals surface area contributed by atoms with Gasteiger partial charge in [0.15, 0.2) is 0 Å². The summed E-state index contributed by atoms with van der Waals surface area (Å²) < 4.78 is 3.40. The van der Waals surface area contributed by atoms with Crippen LogP contribution >= 0.6 is 0 Å². The van der Waals surface area contributed by atoms with Crippen molar-refractivity contribution in [1.82, 2.24) is 19.6 Å². The Labute approximate surface area is 134 Å². The summed E-state index contributed by atoms with van der Waals surface area (Å²) >= 11 is 0. The second-order valence-electron chi connectivity index (χ2n) is 6.20. The molecule has 0 radical (unpaired) electrons. The van der Waals surface area contributed by atoms with Gasteiger partial charge in [0, 0.05) is 17.8 Å². The maximum Gasteiger partial charge on any atom is 0.293 e. The summed E-state index contributed by atoms with van der Waals surface area (Å²) in [4.78, 5) is 12.9. The first-order valence-corrected chi connectivity index (χ1v) is 8.33. The van der Waals surface area contributed by atoms with E-state index in [4.69, 9.17) is 0 Å². The van der Waals surface area contributed by atoms with Crippen LogP contribution in [0, 0.1) is 0 Å². The zero-order chi connectivity index (χ0) is 15.8. The van der Waals surface area contributed by atoms with E-state index in [9.17, 15) is 4.79 Å². The Balaban J connectivity index is 1.96. The second kappa shape index (κ2) is 5.65. The van der Waals surface area contributed by atoms with Gasteiger partial charge in [-0.1, -0.05) is 31.5 Å². The summed E-state index contributed by atoms with van der Waals surface area (Å²) in [6.07, 6.45) is 6.12. The van der Waals surface area contributed by atoms with Crippen LogP contribution in [-0.2, 0) is 6.54 Å². The second-order valence-corrected chi connectivity index (χ2v) is 6.20. The van der Waals surface area contributed by atoms with E-state index in [1.54, 1.807) is 15.6 Å². The molecule has 0 spiro atoms. The van der Waals surface area contributed by atoms with E-state index < -0.39 is 0 Å². The summed E-state index contributed by atoms with van der Waals surface area (Å²) in [6, 6.07) is 9.83. The third kappa shape index (κ3) is 2.46. The lowest BCUT2D eigenvalue weighted by atomic mass is 10.2. The fourth-order valence-electron chi connectivity index (χ4n) is 2.98. The third-order valence-electron chi connectivity index (χ3n) is 4.40. The van der Waals surface area contributed by atoms with Gasteiger partial charge in [0.05, 0.1) is 17.6 Å². The number of rotatable bonds is 5. The van der Waals surface area contributed by atoms with E-state index >= 15 is 0 Å². The number of hydrogen-bond donors (Lipinski definition) is 0. The Kier molecular flexibility index (Phi) is 3.48. The van der Waals surface area contributed by atoms with Crippen LogP contribution < -0.4 is 5.56 Å². The minimum atomic E-state index is -0.0424. The summed E-state index contributed by atoms with van der Waals surface area (Å²) in [7, 11) is 0. The average molecular weight is 308 g/mol. The van der Waals surface area contributed by atoms with Crippen molar-refractivity contribution >= 4 is 10.9 Å². The molecule has 1 saturated carbocycles. The molecule has 1 aliphatic carbocycles. The molecule has 118 valence electrons. The molecule has 0 unspecified atom stereocenters. The third-order valence-corrected chi connectivity index (χ3v) is 4.40. The van der Waals surface area contributed by atoms with Crippen LogP contribution in [0.15, 0.2) is 41.3 Å². The predicted octanol–water partition coefficient (Wildman–Crippen LogP) is 3.26. The van der Waals surface area contributed by atoms with Gasteiger partial charge in [0.1, 0.15) is 5.52 Å². The summed E-state index contributed by atoms with van der Waals surface area (Å²) in [5.74, 6) is 0.486. The van der Waals surface area contributed by atoms with Crippen LogP contribution in [0.2, 0.25) is 0 Å². The molecule has 0 amide bonds. The van der Waals surface area contributed by atoms with E-state index in [1.807, 2.05) is 30.3 Å². The number of hydrogen-bond acceptors (Lipinski definition) is 3. The van der Waals surface area contributed by atoms with Crippen molar-refractivity contribution in [2.24, 2.45) is 0 Å². The molecule has 1 fully saturated rings. The highest BCUT2D eigenvalue weighted by atomic mass is 16.1. The van der Waals surface area contributed by atoms with E-state index in [1.165, 1.54) is 0 Å². The molecule has 1 aliphatic rings. The standard InChI is InChI=1S/C18H20N4O/c1-2-3-11-21-18(23)17-15(16(20-21)13-9-10-13)12-19-22(17)14-7-5-4-6-8-14/h4-8,12-13H,2-3,9-11H2,1H3. The highest BCUT2D eigenvalue weighted by Crippen LogP contribution is 2.41. The highest BCUT2D eigenvalue weighted by Gasteiger charge is 2.30. The molecule has 0 N–H and O–H groups in total. The van der Waals surface area contributed by atoms with Crippen LogP contribution in [0.3, 0.4) is 0 Å². The number of unbranched alkanes of at least 4 members (excludes halogenated alkanes) is 1. The lowest BCUT2D eigenvalue weighted by molar-refractivity contribution is 0.537. The first-order chi connectivity index (χ1) is 11.3. The van der Waals surface area contributed by atoms with Crippen molar-refractivity contribution < 1.29 is 0 Å². The number of aromatic nitrogens is 4. The Hall–Kier alpha value is -2.43. The van der Waals surface area contributed by atoms with Crippen molar-refractivity contribution in [2.75, 3.05) is 0 Å². The SMILES string of the molecule is CCCCn1nc(C2CC2)c2cnn(-c3ccccc3)c2c1=O. The number of fused-ring (bicyclic) bond motifs is 1. The minimum absolute atomic E-state index is 0.0424. The molecule has 3 aromatic rings. The van der Waals surface area contributed by atoms with Crippen LogP contribution in [0.5, 0.6) is 0 Å². The summed E-state index contributed by atoms with van der Waals surface area (Å²) in [6.45, 7) is 2.80. The first-order valence-electron chi connectivity index (χ1n) is 8.33. The van der Waals surface area contributed by atoms with Crippen molar-refractivity contribution in [1.29, 1.82) is 0 Å². The van der Waals surface area contributed by atoms with E-state index in [2.05, 4.69) is 17.1 Å². The molecule has 23 heavy (non-hydrogen) atoms. The van der Waals surface area contributed by atoms with Crippen molar-refractivity contribution in [3.63, 3.8) is 0 Å². The maximum absolute atomic E-state index is 12.9. The van der Waals surface area contributed by atoms with Crippen molar-refractivity contribution in [3.8, 4) is 5.69 Å². The van der Waals surface area contributed by atoms with Crippen molar-refractivity contribution in [3.05, 3.63) is 52.6 Å². The quantitative estimate of drug-likeness (QED) is 0.727. The lowest BCUT2D eigenvalue weighted by Gasteiger charge is -2.09. The Morgan fingerprint density at radius 3 is 2.70 bits per heavy atom. The molecule has 1 aromatic carbocycles. The molecule has 0 saturated heterocycles. The lowest BCUT2D eigenvalue weighted by Crippen LogP contribution is -2.26. The fourth-order valence-corrected chi connectivity index (χ4v) is 2.98. The van der Waals surface area contributed by atoms with Gasteiger partial charge < -0.3 is 0 Å². The van der Waals surface area contributed by atoms with Gasteiger partial charge in [-0.25, -0.2) is 9.36 Å². The first kappa shape index (κ1) is 14.2. The minimum Gasteiger partial charge on any atom is -0.265 e. The predicted molar refractivity (Wildman–Crippen MR) is 90.0 cm³/mol. The van der Waals surface area contributed by atoms with Gasteiger partial charge in [0.2, 0.25) is 0 Å². The Morgan fingerprint density at radius 2 is 2.00 bits per heavy atom. The number of nitrogens with zero attached hydrogens (tertiary/aromatic N) is 4. The monoisotopic (exact) mass is 308 g/mol. The summed E-state index contributed by atoms with van der Waals surface area (Å²) in [5, 5.41) is 10.1. The molecule has 2 aromatic heterocycles. The molecule has 5 nitrogen and oxygen atoms in total. The van der Waals surface area contributed by atoms with E-state index in [0.29, 0.717) is 18.0 Å². The Bertz CT molecular complexity index is 891. The van der Waals surface area contributed by atoms with E-state index in [-0.39, 0.29) is 5.56 Å². The zero-order valence-corrected chi connectivity index (χ0v) is 13.3. The van der Waals surface area contributed by atoms with Gasteiger partial charge >= 0.3 is 0 Å². The molecule has 0 atom stereocenters. The largest absolute Gasteiger partial charge is 0.293 e. The van der Waals surface area contributed by atoms with Gasteiger partial charge in [-0.2, -0.15) is 10.2 Å². The van der Waals surface area contributed by atoms with Gasteiger partial charge in [-0.15, -0.1) is 0 Å². The molecular formula is C18H20N4O. The van der Waals surface area contributed by atoms with Gasteiger partial charge in [0.25, 0.3) is 5.56 Å². The number of aryl methyl sites for hydroxylation is 1. The molecular weight excluding hydrogens is 288 g/mol. The summed E-state index contributed by atoms with van der Waals surface area (Å²) in [5.41, 5.74) is 2.57. The average Bonchev–Trinajstić information content (AvgIpc) is 3.33. The van der Waals surface area contributed by atoms with Gasteiger partial charge in [-0.3, -0.25) is 4.79 Å². The molecule has 0 aliphatic heterocycles. The molecule has 4 rings (SSSR count). The molecule has 5 heteroatoms. The topological polar surface area (TPSA) is 52.7 Å².